The van der Waals surface area contributed by atoms with E-state index in [2.05, 4.69) is 4.98 Å². The highest BCUT2D eigenvalue weighted by molar-refractivity contribution is 6.32. The number of rotatable bonds is 3. The van der Waals surface area contributed by atoms with E-state index < -0.39 is 0 Å². The van der Waals surface area contributed by atoms with E-state index in [4.69, 9.17) is 16.3 Å². The Kier molecular flexibility index (Phi) is 4.07. The predicted molar refractivity (Wildman–Crippen MR) is 76.9 cm³/mol. The molecule has 98 valence electrons. The molecule has 0 bridgehead atoms. The fourth-order valence-electron chi connectivity index (χ4n) is 1.71. The maximum Gasteiger partial charge on any atom is 0.219 e. The second-order valence-electron chi connectivity index (χ2n) is 4.11. The zero-order chi connectivity index (χ0) is 13.8. The summed E-state index contributed by atoms with van der Waals surface area (Å²) in [5, 5.41) is 9.71. The van der Waals surface area contributed by atoms with Gasteiger partial charge in [0.1, 0.15) is 5.75 Å². The average Bonchev–Trinajstić information content (AvgIpc) is 2.36. The molecule has 0 saturated heterocycles. The van der Waals surface area contributed by atoms with Crippen LogP contribution in [-0.4, -0.2) is 10.1 Å². The van der Waals surface area contributed by atoms with Crippen molar-refractivity contribution in [2.24, 2.45) is 0 Å². The summed E-state index contributed by atoms with van der Waals surface area (Å²) in [6, 6.07) is 6.93. The lowest BCUT2D eigenvalue weighted by Gasteiger charge is -2.10. The molecule has 3 nitrogen and oxygen atoms in total. The highest BCUT2D eigenvalue weighted by Crippen LogP contribution is 2.33. The number of pyridine rings is 1. The first kappa shape index (κ1) is 13.4. The van der Waals surface area contributed by atoms with E-state index in [1.807, 2.05) is 38.1 Å². The molecule has 19 heavy (non-hydrogen) atoms. The minimum atomic E-state index is 0.0959. The standard InChI is InChI=1S/C15H14ClNO2/c1-3-4-11-7-10(2)15(13(16)8-11)19-14-6-5-12(18)9-17-14/h3-9,18H,1-2H3/b4-3+. The van der Waals surface area contributed by atoms with Gasteiger partial charge in [-0.3, -0.25) is 0 Å². The molecule has 0 unspecified atom stereocenters. The second-order valence-corrected chi connectivity index (χ2v) is 4.51. The van der Waals surface area contributed by atoms with Crippen LogP contribution in [0, 0.1) is 6.92 Å². The number of benzene rings is 1. The van der Waals surface area contributed by atoms with Gasteiger partial charge in [-0.2, -0.15) is 0 Å². The third-order valence-electron chi connectivity index (χ3n) is 2.54. The monoisotopic (exact) mass is 275 g/mol. The summed E-state index contributed by atoms with van der Waals surface area (Å²) in [6.07, 6.45) is 5.25. The second kappa shape index (κ2) is 5.76. The third-order valence-corrected chi connectivity index (χ3v) is 2.82. The van der Waals surface area contributed by atoms with Crippen LogP contribution in [-0.2, 0) is 0 Å². The van der Waals surface area contributed by atoms with E-state index in [0.29, 0.717) is 16.7 Å². The first-order chi connectivity index (χ1) is 9.10. The molecule has 0 amide bonds. The van der Waals surface area contributed by atoms with E-state index in [1.165, 1.54) is 12.3 Å². The van der Waals surface area contributed by atoms with Gasteiger partial charge in [-0.15, -0.1) is 0 Å². The molecule has 0 radical (unpaired) electrons. The number of halogens is 1. The maximum atomic E-state index is 9.18. The SMILES string of the molecule is C/C=C/c1cc(C)c(Oc2ccc(O)cn2)c(Cl)c1. The number of nitrogens with zero attached hydrogens (tertiary/aromatic N) is 1. The summed E-state index contributed by atoms with van der Waals surface area (Å²) in [5.41, 5.74) is 1.95. The van der Waals surface area contributed by atoms with Gasteiger partial charge in [-0.05, 0) is 43.2 Å². The van der Waals surface area contributed by atoms with E-state index in [-0.39, 0.29) is 5.75 Å². The van der Waals surface area contributed by atoms with Gasteiger partial charge in [0.05, 0.1) is 11.2 Å². The molecule has 0 spiro atoms. The number of allylic oxidation sites excluding steroid dienone is 1. The lowest BCUT2D eigenvalue weighted by atomic mass is 10.1. The van der Waals surface area contributed by atoms with E-state index in [0.717, 1.165) is 11.1 Å². The summed E-state index contributed by atoms with van der Waals surface area (Å²) in [6.45, 7) is 3.88. The molecular weight excluding hydrogens is 262 g/mol. The number of hydrogen-bond donors (Lipinski definition) is 1. The molecule has 0 fully saturated rings. The Bertz CT molecular complexity index is 583. The summed E-state index contributed by atoms with van der Waals surface area (Å²) >= 11 is 6.22. The van der Waals surface area contributed by atoms with Gasteiger partial charge in [0.25, 0.3) is 0 Å². The third kappa shape index (κ3) is 3.26. The maximum absolute atomic E-state index is 9.18. The highest BCUT2D eigenvalue weighted by Gasteiger charge is 2.09. The van der Waals surface area contributed by atoms with Crippen molar-refractivity contribution >= 4 is 17.7 Å². The molecule has 0 aliphatic carbocycles. The van der Waals surface area contributed by atoms with Crippen LogP contribution < -0.4 is 4.74 Å². The van der Waals surface area contributed by atoms with Crippen LogP contribution in [0.15, 0.2) is 36.5 Å². The van der Waals surface area contributed by atoms with Crippen LogP contribution in [0.4, 0.5) is 0 Å². The van der Waals surface area contributed by atoms with Crippen molar-refractivity contribution in [3.05, 3.63) is 52.7 Å². The molecule has 1 N–H and O–H groups in total. The van der Waals surface area contributed by atoms with Crippen molar-refractivity contribution in [2.75, 3.05) is 0 Å². The summed E-state index contributed by atoms with van der Waals surface area (Å²) in [7, 11) is 0. The summed E-state index contributed by atoms with van der Waals surface area (Å²) < 4.78 is 5.65. The fourth-order valence-corrected chi connectivity index (χ4v) is 2.03. The highest BCUT2D eigenvalue weighted by atomic mass is 35.5. The Morgan fingerprint density at radius 2 is 2.11 bits per heavy atom. The van der Waals surface area contributed by atoms with Crippen LogP contribution in [0.25, 0.3) is 6.08 Å². The smallest absolute Gasteiger partial charge is 0.219 e. The largest absolute Gasteiger partial charge is 0.506 e. The number of aromatic hydroxyl groups is 1. The molecule has 1 heterocycles. The summed E-state index contributed by atoms with van der Waals surface area (Å²) in [4.78, 5) is 3.97. The first-order valence-corrected chi connectivity index (χ1v) is 6.23. The molecule has 2 aromatic rings. The zero-order valence-electron chi connectivity index (χ0n) is 10.7. The zero-order valence-corrected chi connectivity index (χ0v) is 11.5. The Balaban J connectivity index is 2.32. The molecule has 4 heteroatoms. The van der Waals surface area contributed by atoms with Gasteiger partial charge >= 0.3 is 0 Å². The molecule has 0 aliphatic heterocycles. The molecule has 1 aromatic carbocycles. The normalized spacial score (nSPS) is 10.9. The summed E-state index contributed by atoms with van der Waals surface area (Å²) in [5.74, 6) is 1.06. The van der Waals surface area contributed by atoms with Crippen molar-refractivity contribution in [2.45, 2.75) is 13.8 Å². The van der Waals surface area contributed by atoms with Crippen LogP contribution in [0.5, 0.6) is 17.4 Å². The lowest BCUT2D eigenvalue weighted by Crippen LogP contribution is -1.92. The topological polar surface area (TPSA) is 42.4 Å². The van der Waals surface area contributed by atoms with Crippen molar-refractivity contribution in [3.63, 3.8) is 0 Å². The number of hydrogen-bond acceptors (Lipinski definition) is 3. The number of aryl methyl sites for hydroxylation is 1. The molecule has 0 atom stereocenters. The minimum absolute atomic E-state index is 0.0959. The quantitative estimate of drug-likeness (QED) is 0.892. The van der Waals surface area contributed by atoms with Crippen molar-refractivity contribution in [3.8, 4) is 17.4 Å². The molecular formula is C15H14ClNO2. The molecule has 0 aliphatic rings. The fraction of sp³-hybridized carbons (Fsp3) is 0.133. The van der Waals surface area contributed by atoms with E-state index >= 15 is 0 Å². The first-order valence-electron chi connectivity index (χ1n) is 5.86. The van der Waals surface area contributed by atoms with Gasteiger partial charge in [0.15, 0.2) is 5.75 Å². The Labute approximate surface area is 117 Å². The Morgan fingerprint density at radius 1 is 1.32 bits per heavy atom. The Hall–Kier alpha value is -2.00. The molecule has 1 aromatic heterocycles. The van der Waals surface area contributed by atoms with Crippen LogP contribution in [0.2, 0.25) is 5.02 Å². The van der Waals surface area contributed by atoms with Crippen LogP contribution in [0.1, 0.15) is 18.1 Å². The molecule has 2 rings (SSSR count). The van der Waals surface area contributed by atoms with Crippen LogP contribution >= 0.6 is 11.6 Å². The lowest BCUT2D eigenvalue weighted by molar-refractivity contribution is 0.445. The van der Waals surface area contributed by atoms with Crippen molar-refractivity contribution in [1.82, 2.24) is 4.98 Å². The van der Waals surface area contributed by atoms with Gasteiger partial charge in [-0.25, -0.2) is 4.98 Å². The van der Waals surface area contributed by atoms with E-state index in [1.54, 1.807) is 6.07 Å². The predicted octanol–water partition coefficient (Wildman–Crippen LogP) is 4.57. The number of aromatic nitrogens is 1. The van der Waals surface area contributed by atoms with Crippen LogP contribution in [0.3, 0.4) is 0 Å². The molecule has 0 saturated carbocycles. The Morgan fingerprint density at radius 3 is 2.68 bits per heavy atom. The van der Waals surface area contributed by atoms with Gasteiger partial charge in [0, 0.05) is 6.07 Å². The van der Waals surface area contributed by atoms with E-state index in [9.17, 15) is 5.11 Å². The van der Waals surface area contributed by atoms with Crippen molar-refractivity contribution in [1.29, 1.82) is 0 Å². The average molecular weight is 276 g/mol. The minimum Gasteiger partial charge on any atom is -0.506 e. The van der Waals surface area contributed by atoms with Gasteiger partial charge in [0.2, 0.25) is 5.88 Å². The number of ether oxygens (including phenoxy) is 1. The van der Waals surface area contributed by atoms with Crippen molar-refractivity contribution < 1.29 is 9.84 Å². The van der Waals surface area contributed by atoms with Gasteiger partial charge < -0.3 is 9.84 Å². The van der Waals surface area contributed by atoms with Gasteiger partial charge in [-0.1, -0.05) is 23.8 Å².